The Kier molecular flexibility index (Phi) is 9.60. The summed E-state index contributed by atoms with van der Waals surface area (Å²) < 4.78 is 25.9. The highest BCUT2D eigenvalue weighted by atomic mass is 79.9. The van der Waals surface area contributed by atoms with E-state index in [-0.39, 0.29) is 17.7 Å². The molecule has 240 valence electrons. The highest BCUT2D eigenvalue weighted by Gasteiger charge is 2.35. The van der Waals surface area contributed by atoms with Gasteiger partial charge in [-0.1, -0.05) is 87.9 Å². The molecule has 0 aliphatic carbocycles. The summed E-state index contributed by atoms with van der Waals surface area (Å²) in [5, 5.41) is 1.96. The molecule has 1 aliphatic rings. The number of aromatic nitrogens is 1. The second kappa shape index (κ2) is 14.0. The van der Waals surface area contributed by atoms with Gasteiger partial charge >= 0.3 is 5.97 Å². The van der Waals surface area contributed by atoms with E-state index in [1.165, 1.54) is 11.3 Å². The molecule has 1 aromatic heterocycles. The number of thiazole rings is 1. The van der Waals surface area contributed by atoms with Crippen LogP contribution in [0.1, 0.15) is 43.5 Å². The first kappa shape index (κ1) is 32.3. The minimum Gasteiger partial charge on any atom is -0.493 e. The van der Waals surface area contributed by atoms with E-state index in [0.29, 0.717) is 55.5 Å². The lowest BCUT2D eigenvalue weighted by Gasteiger charge is -2.26. The van der Waals surface area contributed by atoms with E-state index in [2.05, 4.69) is 15.9 Å². The quantitative estimate of drug-likeness (QED) is 0.150. The number of nitrogens with zero attached hydrogens (tertiary/aromatic N) is 2. The van der Waals surface area contributed by atoms with Gasteiger partial charge < -0.3 is 18.9 Å². The van der Waals surface area contributed by atoms with Gasteiger partial charge in [0.1, 0.15) is 12.4 Å². The second-order valence-corrected chi connectivity index (χ2v) is 12.6. The van der Waals surface area contributed by atoms with Crippen molar-refractivity contribution in [3.05, 3.63) is 131 Å². The van der Waals surface area contributed by atoms with Crippen molar-refractivity contribution in [2.75, 3.05) is 20.3 Å². The van der Waals surface area contributed by atoms with Gasteiger partial charge in [0.15, 0.2) is 16.3 Å². The monoisotopic (exact) mass is 712 g/mol. The predicted molar refractivity (Wildman–Crippen MR) is 187 cm³/mol. The van der Waals surface area contributed by atoms with E-state index < -0.39 is 12.0 Å². The van der Waals surface area contributed by atoms with E-state index in [4.69, 9.17) is 23.9 Å². The van der Waals surface area contributed by atoms with Crippen molar-refractivity contribution >= 4 is 50.1 Å². The average molecular weight is 714 g/mol. The molecule has 4 aromatic carbocycles. The molecule has 5 aromatic rings. The van der Waals surface area contributed by atoms with E-state index in [0.717, 1.165) is 21.9 Å². The molecular formula is C37H33BrN2O6S. The molecule has 0 amide bonds. The van der Waals surface area contributed by atoms with Crippen LogP contribution >= 0.6 is 27.3 Å². The molecule has 0 saturated carbocycles. The molecule has 0 radical (unpaired) electrons. The molecule has 0 spiro atoms. The zero-order valence-corrected chi connectivity index (χ0v) is 28.8. The van der Waals surface area contributed by atoms with Crippen molar-refractivity contribution in [3.8, 4) is 17.2 Å². The number of allylic oxidation sites excluding steroid dienone is 1. The van der Waals surface area contributed by atoms with Crippen LogP contribution in [0.5, 0.6) is 17.2 Å². The van der Waals surface area contributed by atoms with Gasteiger partial charge in [0.05, 0.1) is 42.2 Å². The van der Waals surface area contributed by atoms with Gasteiger partial charge in [-0.3, -0.25) is 9.36 Å². The maximum absolute atomic E-state index is 14.5. The molecule has 0 saturated heterocycles. The van der Waals surface area contributed by atoms with Crippen LogP contribution in [0.4, 0.5) is 0 Å². The number of ether oxygens (including phenoxy) is 4. The van der Waals surface area contributed by atoms with Crippen molar-refractivity contribution in [2.24, 2.45) is 4.99 Å². The Morgan fingerprint density at radius 2 is 1.72 bits per heavy atom. The first-order valence-electron chi connectivity index (χ1n) is 15.2. The zero-order valence-electron chi connectivity index (χ0n) is 26.4. The van der Waals surface area contributed by atoms with E-state index >= 15 is 0 Å². The molecule has 8 nitrogen and oxygen atoms in total. The number of rotatable bonds is 10. The van der Waals surface area contributed by atoms with Gasteiger partial charge in [-0.15, -0.1) is 0 Å². The largest absolute Gasteiger partial charge is 0.493 e. The molecule has 0 N–H and O–H groups in total. The second-order valence-electron chi connectivity index (χ2n) is 10.7. The summed E-state index contributed by atoms with van der Waals surface area (Å²) in [6.07, 6.45) is 1.86. The van der Waals surface area contributed by atoms with Crippen LogP contribution in [0.25, 0.3) is 16.8 Å². The zero-order chi connectivity index (χ0) is 33.1. The van der Waals surface area contributed by atoms with Crippen LogP contribution in [-0.2, 0) is 16.1 Å². The van der Waals surface area contributed by atoms with Crippen LogP contribution in [0, 0.1) is 0 Å². The predicted octanol–water partition coefficient (Wildman–Crippen LogP) is 6.70. The molecule has 1 aliphatic heterocycles. The molecule has 10 heteroatoms. The fourth-order valence-electron chi connectivity index (χ4n) is 5.69. The molecule has 0 bridgehead atoms. The summed E-state index contributed by atoms with van der Waals surface area (Å²) in [5.74, 6) is 1.12. The minimum absolute atomic E-state index is 0.174. The number of hydrogen-bond acceptors (Lipinski definition) is 8. The number of esters is 1. The highest BCUT2D eigenvalue weighted by Crippen LogP contribution is 2.41. The van der Waals surface area contributed by atoms with Crippen molar-refractivity contribution in [3.63, 3.8) is 0 Å². The van der Waals surface area contributed by atoms with Crippen molar-refractivity contribution in [1.82, 2.24) is 4.57 Å². The Labute approximate surface area is 284 Å². The Bertz CT molecular complexity index is 2190. The summed E-state index contributed by atoms with van der Waals surface area (Å²) in [5.41, 5.74) is 2.89. The number of methoxy groups -OCH3 is 1. The van der Waals surface area contributed by atoms with Crippen molar-refractivity contribution in [1.29, 1.82) is 0 Å². The van der Waals surface area contributed by atoms with Gasteiger partial charge in [0.2, 0.25) is 0 Å². The van der Waals surface area contributed by atoms with Crippen molar-refractivity contribution < 1.29 is 23.7 Å². The molecule has 2 heterocycles. The van der Waals surface area contributed by atoms with Crippen LogP contribution < -0.4 is 29.1 Å². The Balaban J connectivity index is 1.56. The number of halogens is 1. The number of benzene rings is 4. The van der Waals surface area contributed by atoms with Crippen LogP contribution in [0.15, 0.2) is 104 Å². The molecule has 0 unspecified atom stereocenters. The van der Waals surface area contributed by atoms with Gasteiger partial charge in [-0.05, 0) is 66.9 Å². The summed E-state index contributed by atoms with van der Waals surface area (Å²) in [6.45, 7) is 6.38. The van der Waals surface area contributed by atoms with Gasteiger partial charge in [-0.2, -0.15) is 0 Å². The Morgan fingerprint density at radius 1 is 0.957 bits per heavy atom. The summed E-state index contributed by atoms with van der Waals surface area (Å²) >= 11 is 4.94. The topological polar surface area (TPSA) is 88.4 Å². The number of carbonyl (C=O) groups is 1. The average Bonchev–Trinajstić information content (AvgIpc) is 3.38. The van der Waals surface area contributed by atoms with E-state index in [9.17, 15) is 9.59 Å². The third-order valence-electron chi connectivity index (χ3n) is 7.84. The standard InChI is InChI=1S/C37H33BrN2O6S/c1-5-44-31-20-28(38)27(18-30(31)43-4)34-33(36(42)45-6-2)22(3)39-37-40(34)35(41)32(47-37)19-26-25-15-11-10-14-24(25)16-17-29(26)46-21-23-12-8-7-9-13-23/h7-20,34H,5-6,21H2,1-4H3/b32-19+/t34-/m0/s1. The van der Waals surface area contributed by atoms with Crippen LogP contribution in [0.2, 0.25) is 0 Å². The van der Waals surface area contributed by atoms with Crippen LogP contribution in [0.3, 0.4) is 0 Å². The molecule has 0 fully saturated rings. The first-order chi connectivity index (χ1) is 22.8. The first-order valence-corrected chi connectivity index (χ1v) is 16.8. The summed E-state index contributed by atoms with van der Waals surface area (Å²) in [7, 11) is 1.55. The normalized spacial score (nSPS) is 14.5. The smallest absolute Gasteiger partial charge is 0.338 e. The molecule has 6 rings (SSSR count). The van der Waals surface area contributed by atoms with E-state index in [1.807, 2.05) is 79.7 Å². The van der Waals surface area contributed by atoms with Crippen molar-refractivity contribution in [2.45, 2.75) is 33.4 Å². The lowest BCUT2D eigenvalue weighted by Crippen LogP contribution is -2.40. The lowest BCUT2D eigenvalue weighted by molar-refractivity contribution is -0.139. The van der Waals surface area contributed by atoms with Gasteiger partial charge in [0, 0.05) is 10.0 Å². The molecule has 47 heavy (non-hydrogen) atoms. The summed E-state index contributed by atoms with van der Waals surface area (Å²) in [4.78, 5) is 33.2. The fourth-order valence-corrected chi connectivity index (χ4v) is 7.26. The highest BCUT2D eigenvalue weighted by molar-refractivity contribution is 9.10. The fraction of sp³-hybridized carbons (Fsp3) is 0.216. The van der Waals surface area contributed by atoms with Gasteiger partial charge in [-0.25, -0.2) is 9.79 Å². The Morgan fingerprint density at radius 3 is 2.47 bits per heavy atom. The summed E-state index contributed by atoms with van der Waals surface area (Å²) in [6, 6.07) is 24.6. The number of hydrogen-bond donors (Lipinski definition) is 0. The number of fused-ring (bicyclic) bond motifs is 2. The molecular weight excluding hydrogens is 680 g/mol. The minimum atomic E-state index is -0.840. The maximum atomic E-state index is 14.5. The lowest BCUT2D eigenvalue weighted by atomic mass is 9.95. The SMILES string of the molecule is CCOC(=O)C1=C(C)N=c2s/c(=C/c3c(OCc4ccccc4)ccc4ccccc34)c(=O)n2[C@H]1c1cc(OC)c(OCC)cc1Br. The van der Waals surface area contributed by atoms with E-state index in [1.54, 1.807) is 37.7 Å². The number of carbonyl (C=O) groups excluding carboxylic acids is 1. The van der Waals surface area contributed by atoms with Crippen LogP contribution in [-0.4, -0.2) is 30.9 Å². The third-order valence-corrected chi connectivity index (χ3v) is 9.51. The maximum Gasteiger partial charge on any atom is 0.338 e. The van der Waals surface area contributed by atoms with Gasteiger partial charge in [0.25, 0.3) is 5.56 Å². The molecule has 1 atom stereocenters. The third kappa shape index (κ3) is 6.35. The Hall–Kier alpha value is -4.67.